The molecule has 0 spiro atoms. The molecule has 0 aromatic heterocycles. The summed E-state index contributed by atoms with van der Waals surface area (Å²) in [5.41, 5.74) is 2.66. The highest BCUT2D eigenvalue weighted by molar-refractivity contribution is 7.54. The monoisotopic (exact) mass is 592 g/mol. The van der Waals surface area contributed by atoms with Crippen molar-refractivity contribution < 1.29 is 28.9 Å². The maximum absolute atomic E-state index is 13.9. The lowest BCUT2D eigenvalue weighted by Crippen LogP contribution is -2.36. The Bertz CT molecular complexity index is 1030. The van der Waals surface area contributed by atoms with Crippen molar-refractivity contribution in [3.8, 4) is 0 Å². The Morgan fingerprint density at radius 1 is 1.00 bits per heavy atom. The number of hydrogen-bond donors (Lipinski definition) is 3. The first kappa shape index (κ1) is 34.5. The van der Waals surface area contributed by atoms with Gasteiger partial charge in [0.25, 0.3) is 0 Å². The van der Waals surface area contributed by atoms with Crippen LogP contribution in [0.25, 0.3) is 0 Å². The van der Waals surface area contributed by atoms with Gasteiger partial charge in [0, 0.05) is 6.42 Å². The van der Waals surface area contributed by atoms with E-state index in [1.54, 1.807) is 0 Å². The van der Waals surface area contributed by atoms with Gasteiger partial charge in [-0.3, -0.25) is 4.57 Å². The maximum atomic E-state index is 13.9. The zero-order chi connectivity index (χ0) is 30.7. The molecule has 0 aromatic rings. The van der Waals surface area contributed by atoms with Crippen molar-refractivity contribution in [1.82, 2.24) is 0 Å². The molecule has 0 bridgehead atoms. The first-order valence-corrected chi connectivity index (χ1v) is 17.5. The topological polar surface area (TPSA) is 96.2 Å². The van der Waals surface area contributed by atoms with Gasteiger partial charge in [0.1, 0.15) is 0 Å². The first-order chi connectivity index (χ1) is 19.1. The standard InChI is InChI=1S/C34H57O6P/c1-21(2)33(41(38,39-22(3)4)40-23(5)6)31(36)17-12-24(7)29-15-16-30-26(11-10-18-34(29,30)9)13-14-27-19-28(35)20-32(37)25(27)8/h12-14,17,21-24,28-33,35-37H,8,10-11,15-16,18-20H2,1-7,9H3/b17-12+,26-13-,27-14+/t24?,28-,29?,30+,31-,32+,33?,34-/m1/s1. The minimum absolute atomic E-state index is 0.0932. The highest BCUT2D eigenvalue weighted by Gasteiger charge is 2.50. The van der Waals surface area contributed by atoms with Crippen LogP contribution < -0.4 is 0 Å². The lowest BCUT2D eigenvalue weighted by atomic mass is 9.61. The molecule has 3 N–H and O–H groups in total. The molecular weight excluding hydrogens is 535 g/mol. The summed E-state index contributed by atoms with van der Waals surface area (Å²) in [4.78, 5) is 0. The van der Waals surface area contributed by atoms with Gasteiger partial charge < -0.3 is 24.4 Å². The Morgan fingerprint density at radius 2 is 1.63 bits per heavy atom. The Balaban J connectivity index is 1.78. The maximum Gasteiger partial charge on any atom is 0.337 e. The number of fused-ring (bicyclic) bond motifs is 1. The van der Waals surface area contributed by atoms with Gasteiger partial charge in [0.05, 0.1) is 36.2 Å². The molecule has 3 aliphatic carbocycles. The van der Waals surface area contributed by atoms with Crippen molar-refractivity contribution >= 4 is 7.60 Å². The fourth-order valence-electron chi connectivity index (χ4n) is 7.84. The van der Waals surface area contributed by atoms with Gasteiger partial charge in [0.15, 0.2) is 0 Å². The summed E-state index contributed by atoms with van der Waals surface area (Å²) in [7, 11) is -3.57. The Kier molecular flexibility index (Phi) is 11.9. The minimum atomic E-state index is -3.57. The van der Waals surface area contributed by atoms with Crippen LogP contribution in [0.15, 0.2) is 47.6 Å². The molecule has 3 unspecified atom stereocenters. The quantitative estimate of drug-likeness (QED) is 0.168. The van der Waals surface area contributed by atoms with Gasteiger partial charge in [0.2, 0.25) is 0 Å². The molecule has 6 nitrogen and oxygen atoms in total. The van der Waals surface area contributed by atoms with Crippen molar-refractivity contribution in [3.05, 3.63) is 47.6 Å². The van der Waals surface area contributed by atoms with Gasteiger partial charge in [-0.05, 0) is 106 Å². The van der Waals surface area contributed by atoms with Gasteiger partial charge in [-0.25, -0.2) is 0 Å². The van der Waals surface area contributed by atoms with Crippen LogP contribution in [-0.4, -0.2) is 51.5 Å². The van der Waals surface area contributed by atoms with Gasteiger partial charge in [-0.15, -0.1) is 0 Å². The molecule has 41 heavy (non-hydrogen) atoms. The zero-order valence-corrected chi connectivity index (χ0v) is 27.6. The van der Waals surface area contributed by atoms with Crippen LogP contribution in [0.4, 0.5) is 0 Å². The number of aliphatic hydroxyl groups excluding tert-OH is 3. The van der Waals surface area contributed by atoms with E-state index >= 15 is 0 Å². The third kappa shape index (κ3) is 8.13. The van der Waals surface area contributed by atoms with Crippen LogP contribution >= 0.6 is 7.60 Å². The van der Waals surface area contributed by atoms with Crippen molar-refractivity contribution in [2.75, 3.05) is 0 Å². The molecule has 7 heteroatoms. The summed E-state index contributed by atoms with van der Waals surface area (Å²) in [5.74, 6) is 1.13. The summed E-state index contributed by atoms with van der Waals surface area (Å²) in [6.45, 7) is 20.0. The third-order valence-electron chi connectivity index (χ3n) is 9.66. The van der Waals surface area contributed by atoms with Crippen molar-refractivity contribution in [2.24, 2.45) is 29.1 Å². The van der Waals surface area contributed by atoms with E-state index in [-0.39, 0.29) is 29.5 Å². The highest BCUT2D eigenvalue weighted by Crippen LogP contribution is 2.60. The molecule has 0 saturated heterocycles. The highest BCUT2D eigenvalue weighted by atomic mass is 31.2. The van der Waals surface area contributed by atoms with E-state index < -0.39 is 31.6 Å². The average Bonchev–Trinajstić information content (AvgIpc) is 3.20. The molecule has 0 heterocycles. The van der Waals surface area contributed by atoms with Crippen LogP contribution in [0.3, 0.4) is 0 Å². The molecule has 234 valence electrons. The molecule has 8 atom stereocenters. The molecule has 0 amide bonds. The second kappa shape index (κ2) is 14.2. The molecule has 0 aromatic carbocycles. The molecule has 0 radical (unpaired) electrons. The molecule has 3 aliphatic rings. The van der Waals surface area contributed by atoms with E-state index in [9.17, 15) is 19.9 Å². The predicted molar refractivity (Wildman–Crippen MR) is 168 cm³/mol. The van der Waals surface area contributed by atoms with E-state index in [0.29, 0.717) is 24.7 Å². The fourth-order valence-corrected chi connectivity index (χ4v) is 10.6. The molecule has 3 rings (SSSR count). The van der Waals surface area contributed by atoms with Crippen LogP contribution in [-0.2, 0) is 13.6 Å². The summed E-state index contributed by atoms with van der Waals surface area (Å²) < 4.78 is 25.7. The predicted octanol–water partition coefficient (Wildman–Crippen LogP) is 7.75. The van der Waals surface area contributed by atoms with Gasteiger partial charge in [-0.1, -0.05) is 64.2 Å². The SMILES string of the molecule is C=C1/C(=C/C=C2/CCC[C@]3(C)C(C(C)/C=C/[C@@H](O)C(C(C)C)P(=O)(OC(C)C)OC(C)C)CC[C@@H]23)C[C@@H](O)C[C@@H]1O. The lowest BCUT2D eigenvalue weighted by Gasteiger charge is -2.44. The Morgan fingerprint density at radius 3 is 2.22 bits per heavy atom. The normalized spacial score (nSPS) is 33.9. The molecule has 3 fully saturated rings. The van der Waals surface area contributed by atoms with E-state index in [0.717, 1.165) is 36.8 Å². The third-order valence-corrected chi connectivity index (χ3v) is 12.7. The summed E-state index contributed by atoms with van der Waals surface area (Å²) in [5, 5.41) is 31.7. The van der Waals surface area contributed by atoms with Crippen LogP contribution in [0, 0.1) is 29.1 Å². The van der Waals surface area contributed by atoms with Crippen LogP contribution in [0.1, 0.15) is 100 Å². The minimum Gasteiger partial charge on any atom is -0.393 e. The van der Waals surface area contributed by atoms with E-state index in [1.165, 1.54) is 12.0 Å². The van der Waals surface area contributed by atoms with Crippen molar-refractivity contribution in [3.63, 3.8) is 0 Å². The Hall–Kier alpha value is -1.01. The largest absolute Gasteiger partial charge is 0.393 e. The molecular formula is C34H57O6P. The average molecular weight is 593 g/mol. The second-order valence-corrected chi connectivity index (χ2v) is 16.1. The number of hydrogen-bond acceptors (Lipinski definition) is 6. The molecule has 0 aliphatic heterocycles. The number of aliphatic hydroxyl groups is 3. The summed E-state index contributed by atoms with van der Waals surface area (Å²) in [6.07, 6.45) is 12.2. The number of allylic oxidation sites excluding steroid dienone is 4. The molecule has 3 saturated carbocycles. The lowest BCUT2D eigenvalue weighted by molar-refractivity contribution is 0.0862. The zero-order valence-electron chi connectivity index (χ0n) is 26.8. The van der Waals surface area contributed by atoms with Crippen molar-refractivity contribution in [2.45, 2.75) is 137 Å². The van der Waals surface area contributed by atoms with Gasteiger partial charge in [-0.2, -0.15) is 0 Å². The van der Waals surface area contributed by atoms with E-state index in [1.807, 2.05) is 47.6 Å². The van der Waals surface area contributed by atoms with Crippen molar-refractivity contribution in [1.29, 1.82) is 0 Å². The second-order valence-electron chi connectivity index (χ2n) is 14.0. The smallest absolute Gasteiger partial charge is 0.337 e. The van der Waals surface area contributed by atoms with E-state index in [4.69, 9.17) is 9.05 Å². The first-order valence-electron chi connectivity index (χ1n) is 15.9. The number of rotatable bonds is 11. The summed E-state index contributed by atoms with van der Waals surface area (Å²) >= 11 is 0. The van der Waals surface area contributed by atoms with Gasteiger partial charge >= 0.3 is 7.60 Å². The fraction of sp³-hybridized carbons (Fsp3) is 0.765. The van der Waals surface area contributed by atoms with Crippen LogP contribution in [0.5, 0.6) is 0 Å². The van der Waals surface area contributed by atoms with E-state index in [2.05, 4.69) is 38.7 Å². The summed E-state index contributed by atoms with van der Waals surface area (Å²) in [6, 6.07) is 0. The van der Waals surface area contributed by atoms with Crippen LogP contribution in [0.2, 0.25) is 0 Å². The Labute approximate surface area is 249 Å².